The number of aliphatic hydroxyl groups excluding tert-OH is 3. The summed E-state index contributed by atoms with van der Waals surface area (Å²) < 4.78 is 23.5. The highest BCUT2D eigenvalue weighted by Gasteiger charge is 2.47. The number of rotatable bonds is 6. The van der Waals surface area contributed by atoms with Crippen molar-refractivity contribution < 1.29 is 54.1 Å². The molecule has 2 heterocycles. The first-order valence-electron chi connectivity index (χ1n) is 12.6. The summed E-state index contributed by atoms with van der Waals surface area (Å²) in [4.78, 5) is 13.6. The van der Waals surface area contributed by atoms with Crippen molar-refractivity contribution in [3.8, 4) is 40.1 Å². The van der Waals surface area contributed by atoms with E-state index >= 15 is 0 Å². The number of hydrogen-bond donors (Lipinski definition) is 7. The first kappa shape index (κ1) is 29.6. The van der Waals surface area contributed by atoms with Gasteiger partial charge in [-0.05, 0) is 36.3 Å². The minimum Gasteiger partial charge on any atom is -0.508 e. The van der Waals surface area contributed by atoms with Crippen LogP contribution in [-0.2, 0) is 9.16 Å². The molecule has 40 heavy (non-hydrogen) atoms. The lowest BCUT2D eigenvalue weighted by molar-refractivity contribution is -0.276. The number of hydrogen-bond acceptors (Lipinski definition) is 12. The zero-order valence-electron chi connectivity index (χ0n) is 22.7. The normalized spacial score (nSPS) is 23.9. The number of aliphatic hydroxyl groups is 3. The molecule has 4 rings (SSSR count). The van der Waals surface area contributed by atoms with E-state index in [9.17, 15) is 40.5 Å². The summed E-state index contributed by atoms with van der Waals surface area (Å²) in [6.07, 6.45) is -7.92. The van der Waals surface area contributed by atoms with Gasteiger partial charge in [0.15, 0.2) is 25.6 Å². The van der Waals surface area contributed by atoms with Crippen molar-refractivity contribution in [1.82, 2.24) is 0 Å². The van der Waals surface area contributed by atoms with Gasteiger partial charge in [0.2, 0.25) is 17.5 Å². The molecule has 2 aromatic carbocycles. The maximum absolute atomic E-state index is 13.6. The second-order valence-electron chi connectivity index (χ2n) is 11.3. The lowest BCUT2D eigenvalue weighted by Gasteiger charge is -2.42. The number of phenols is 4. The SMILES string of the molecule is CC(C)(C)[Si](C)(C)OC[C@@H]1O[C@H](Oc2c(-c3ccc(O)c(O)c3)oc3cc(O)cc(O)c3c2=O)[C@@H](O)[C@H](O)[C@H]1O. The monoisotopic (exact) mass is 578 g/mol. The molecular weight excluding hydrogens is 544 g/mol. The highest BCUT2D eigenvalue weighted by Crippen LogP contribution is 2.40. The standard InChI is InChI=1S/C27H34O12Si/c1-27(2,3)40(4,5)36-11-18-20(32)22(34)23(35)26(38-18)39-25-21(33)19-16(31)9-13(28)10-17(19)37-24(25)12-6-7-14(29)15(30)8-12/h6-10,18,20,22-23,26,28-32,34-35H,11H2,1-5H3/t18-,20-,22+,23-,26+/m0/s1. The van der Waals surface area contributed by atoms with Crippen molar-refractivity contribution in [2.45, 2.75) is 69.6 Å². The Morgan fingerprint density at radius 2 is 1.57 bits per heavy atom. The molecule has 0 spiro atoms. The lowest BCUT2D eigenvalue weighted by atomic mass is 9.99. The predicted octanol–water partition coefficient (Wildman–Crippen LogP) is 2.49. The van der Waals surface area contributed by atoms with Crippen LogP contribution in [0.3, 0.4) is 0 Å². The van der Waals surface area contributed by atoms with Crippen molar-refractivity contribution in [3.05, 3.63) is 40.6 Å². The van der Waals surface area contributed by atoms with Crippen LogP contribution >= 0.6 is 0 Å². The van der Waals surface area contributed by atoms with Crippen LogP contribution in [0.15, 0.2) is 39.5 Å². The van der Waals surface area contributed by atoms with Gasteiger partial charge < -0.3 is 54.1 Å². The average Bonchev–Trinajstić information content (AvgIpc) is 2.85. The third kappa shape index (κ3) is 5.48. The molecule has 7 N–H and O–H groups in total. The molecule has 0 unspecified atom stereocenters. The number of benzene rings is 2. The van der Waals surface area contributed by atoms with Crippen LogP contribution in [-0.4, -0.2) is 81.4 Å². The molecule has 1 aliphatic heterocycles. The molecular formula is C27H34O12Si. The van der Waals surface area contributed by atoms with Gasteiger partial charge >= 0.3 is 0 Å². The van der Waals surface area contributed by atoms with E-state index in [0.29, 0.717) is 0 Å². The summed E-state index contributed by atoms with van der Waals surface area (Å²) >= 11 is 0. The Labute approximate surface area is 230 Å². The Morgan fingerprint density at radius 3 is 2.20 bits per heavy atom. The van der Waals surface area contributed by atoms with Gasteiger partial charge in [0.25, 0.3) is 0 Å². The van der Waals surface area contributed by atoms with Gasteiger partial charge in [-0.3, -0.25) is 4.79 Å². The topological polar surface area (TPSA) is 200 Å². The molecule has 0 bridgehead atoms. The van der Waals surface area contributed by atoms with E-state index in [1.165, 1.54) is 6.07 Å². The third-order valence-electron chi connectivity index (χ3n) is 7.47. The van der Waals surface area contributed by atoms with Crippen LogP contribution < -0.4 is 10.2 Å². The number of phenolic OH excluding ortho intramolecular Hbond substituents is 4. The summed E-state index contributed by atoms with van der Waals surface area (Å²) in [5.41, 5.74) is -1.10. The molecule has 3 aromatic rings. The van der Waals surface area contributed by atoms with E-state index in [1.807, 2.05) is 33.9 Å². The largest absolute Gasteiger partial charge is 0.508 e. The number of fused-ring (bicyclic) bond motifs is 1. The summed E-state index contributed by atoms with van der Waals surface area (Å²) in [6.45, 7) is 9.93. The molecule has 13 heteroatoms. The van der Waals surface area contributed by atoms with Crippen LogP contribution in [0, 0.1) is 0 Å². The number of ether oxygens (including phenoxy) is 2. The van der Waals surface area contributed by atoms with Crippen LogP contribution in [0.2, 0.25) is 18.1 Å². The molecule has 1 aliphatic rings. The van der Waals surface area contributed by atoms with Crippen LogP contribution in [0.4, 0.5) is 0 Å². The second kappa shape index (κ2) is 10.6. The second-order valence-corrected chi connectivity index (χ2v) is 16.1. The van der Waals surface area contributed by atoms with E-state index in [0.717, 1.165) is 24.3 Å². The highest BCUT2D eigenvalue weighted by molar-refractivity contribution is 6.74. The Bertz CT molecular complexity index is 1460. The Kier molecular flexibility index (Phi) is 7.84. The molecule has 218 valence electrons. The fourth-order valence-electron chi connectivity index (χ4n) is 4.00. The molecule has 0 amide bonds. The van der Waals surface area contributed by atoms with Gasteiger partial charge in [-0.1, -0.05) is 20.8 Å². The molecule has 0 aliphatic carbocycles. The van der Waals surface area contributed by atoms with E-state index < -0.39 is 73.2 Å². The molecule has 0 saturated carbocycles. The lowest BCUT2D eigenvalue weighted by Crippen LogP contribution is -2.61. The van der Waals surface area contributed by atoms with Gasteiger partial charge in [0, 0.05) is 17.7 Å². The maximum Gasteiger partial charge on any atom is 0.239 e. The summed E-state index contributed by atoms with van der Waals surface area (Å²) in [6, 6.07) is 5.54. The van der Waals surface area contributed by atoms with Crippen molar-refractivity contribution in [2.24, 2.45) is 0 Å². The molecule has 0 radical (unpaired) electrons. The minimum atomic E-state index is -2.30. The van der Waals surface area contributed by atoms with Gasteiger partial charge in [-0.2, -0.15) is 0 Å². The van der Waals surface area contributed by atoms with Crippen molar-refractivity contribution in [1.29, 1.82) is 0 Å². The number of aromatic hydroxyl groups is 4. The molecule has 5 atom stereocenters. The summed E-state index contributed by atoms with van der Waals surface area (Å²) in [7, 11) is -2.30. The summed E-state index contributed by atoms with van der Waals surface area (Å²) in [5, 5.41) is 71.4. The zero-order chi connectivity index (χ0) is 29.7. The highest BCUT2D eigenvalue weighted by atomic mass is 28.4. The molecule has 1 fully saturated rings. The van der Waals surface area contributed by atoms with E-state index in [1.54, 1.807) is 0 Å². The molecule has 1 aromatic heterocycles. The Hall–Kier alpha value is -3.33. The Balaban J connectivity index is 1.77. The van der Waals surface area contributed by atoms with Crippen LogP contribution in [0.5, 0.6) is 28.7 Å². The predicted molar refractivity (Wildman–Crippen MR) is 145 cm³/mol. The summed E-state index contributed by atoms with van der Waals surface area (Å²) in [5.74, 6) is -2.87. The first-order valence-corrected chi connectivity index (χ1v) is 15.5. The van der Waals surface area contributed by atoms with E-state index in [-0.39, 0.29) is 33.9 Å². The van der Waals surface area contributed by atoms with Crippen molar-refractivity contribution >= 4 is 19.3 Å². The third-order valence-corrected chi connectivity index (χ3v) is 12.0. The quantitative estimate of drug-likeness (QED) is 0.167. The molecule has 1 saturated heterocycles. The molecule has 12 nitrogen and oxygen atoms in total. The van der Waals surface area contributed by atoms with Crippen LogP contribution in [0.1, 0.15) is 20.8 Å². The van der Waals surface area contributed by atoms with Gasteiger partial charge in [0.05, 0.1) is 6.61 Å². The fourth-order valence-corrected chi connectivity index (χ4v) is 5.02. The van der Waals surface area contributed by atoms with E-state index in [2.05, 4.69) is 0 Å². The smallest absolute Gasteiger partial charge is 0.239 e. The first-order chi connectivity index (χ1) is 18.5. The van der Waals surface area contributed by atoms with Crippen LogP contribution in [0.25, 0.3) is 22.3 Å². The fraction of sp³-hybridized carbons (Fsp3) is 0.444. The zero-order valence-corrected chi connectivity index (χ0v) is 23.7. The van der Waals surface area contributed by atoms with Gasteiger partial charge in [-0.25, -0.2) is 0 Å². The Morgan fingerprint density at radius 1 is 0.900 bits per heavy atom. The van der Waals surface area contributed by atoms with Crippen molar-refractivity contribution in [3.63, 3.8) is 0 Å². The minimum absolute atomic E-state index is 0.0517. The average molecular weight is 579 g/mol. The van der Waals surface area contributed by atoms with E-state index in [4.69, 9.17) is 18.3 Å². The maximum atomic E-state index is 13.6. The van der Waals surface area contributed by atoms with Gasteiger partial charge in [0.1, 0.15) is 46.9 Å². The van der Waals surface area contributed by atoms with Crippen molar-refractivity contribution in [2.75, 3.05) is 6.61 Å². The van der Waals surface area contributed by atoms with Gasteiger partial charge in [-0.15, -0.1) is 0 Å².